The third-order valence-corrected chi connectivity index (χ3v) is 9.69. The predicted octanol–water partition coefficient (Wildman–Crippen LogP) is 4.79. The number of hydrogen-bond donors (Lipinski definition) is 2. The zero-order chi connectivity index (χ0) is 25.7. The van der Waals surface area contributed by atoms with E-state index < -0.39 is 0 Å². The van der Waals surface area contributed by atoms with E-state index in [1.807, 2.05) is 34.9 Å². The molecule has 1 spiro atoms. The van der Waals surface area contributed by atoms with Crippen molar-refractivity contribution < 1.29 is 5.11 Å². The first-order valence-corrected chi connectivity index (χ1v) is 13.5. The average Bonchev–Trinajstić information content (AvgIpc) is 3.47. The number of rotatable bonds is 4. The number of nitriles is 1. The maximum Gasteiger partial charge on any atom is 0.177 e. The highest BCUT2D eigenvalue weighted by molar-refractivity contribution is 7.99. The fraction of sp³-hybridized carbons (Fsp3) is 0.308. The first kappa shape index (κ1) is 24.5. The lowest BCUT2D eigenvalue weighted by Gasteiger charge is -2.43. The molecule has 1 aromatic carbocycles. The molecular weight excluding hydrogens is 529 g/mol. The maximum atomic E-state index is 10.1. The van der Waals surface area contributed by atoms with E-state index in [0.29, 0.717) is 36.9 Å². The van der Waals surface area contributed by atoms with E-state index in [1.54, 1.807) is 6.07 Å². The summed E-state index contributed by atoms with van der Waals surface area (Å²) >= 11 is 14.0. The van der Waals surface area contributed by atoms with Crippen LogP contribution < -0.4 is 10.6 Å². The van der Waals surface area contributed by atoms with Crippen molar-refractivity contribution in [2.75, 3.05) is 18.0 Å². The second-order valence-corrected chi connectivity index (χ2v) is 11.3. The van der Waals surface area contributed by atoms with Gasteiger partial charge in [0.2, 0.25) is 0 Å². The summed E-state index contributed by atoms with van der Waals surface area (Å²) in [4.78, 5) is 8.11. The molecular formula is C26H23Cl2N7OS. The molecule has 1 unspecified atom stereocenters. The van der Waals surface area contributed by atoms with Gasteiger partial charge >= 0.3 is 0 Å². The lowest BCUT2D eigenvalue weighted by Crippen LogP contribution is -2.45. The third kappa shape index (κ3) is 3.95. The maximum absolute atomic E-state index is 10.1. The second-order valence-electron chi connectivity index (χ2n) is 9.49. The van der Waals surface area contributed by atoms with E-state index in [0.717, 1.165) is 49.4 Å². The van der Waals surface area contributed by atoms with Crippen LogP contribution in [-0.4, -0.2) is 37.8 Å². The Hall–Kier alpha value is -2.87. The first-order chi connectivity index (χ1) is 18.0. The van der Waals surface area contributed by atoms with Crippen LogP contribution in [0, 0.1) is 16.7 Å². The van der Waals surface area contributed by atoms with Crippen LogP contribution in [0.4, 0.5) is 5.82 Å². The molecule has 6 rings (SSSR count). The van der Waals surface area contributed by atoms with Gasteiger partial charge in [0.25, 0.3) is 0 Å². The molecule has 4 heterocycles. The van der Waals surface area contributed by atoms with Crippen LogP contribution in [0.5, 0.6) is 0 Å². The Morgan fingerprint density at radius 2 is 2.00 bits per heavy atom. The van der Waals surface area contributed by atoms with Crippen molar-refractivity contribution in [2.45, 2.75) is 41.7 Å². The molecule has 37 heavy (non-hydrogen) atoms. The Labute approximate surface area is 228 Å². The van der Waals surface area contributed by atoms with Gasteiger partial charge < -0.3 is 15.7 Å². The molecule has 1 aliphatic heterocycles. The van der Waals surface area contributed by atoms with Crippen LogP contribution in [0.1, 0.15) is 41.5 Å². The fourth-order valence-corrected chi connectivity index (χ4v) is 7.08. The van der Waals surface area contributed by atoms with Crippen LogP contribution in [0.15, 0.2) is 52.4 Å². The molecule has 0 saturated carbocycles. The van der Waals surface area contributed by atoms with E-state index in [4.69, 9.17) is 28.9 Å². The lowest BCUT2D eigenvalue weighted by atomic mass is 9.73. The Kier molecular flexibility index (Phi) is 6.25. The summed E-state index contributed by atoms with van der Waals surface area (Å²) < 4.78 is 1.84. The molecule has 0 radical (unpaired) electrons. The Morgan fingerprint density at radius 3 is 2.73 bits per heavy atom. The zero-order valence-electron chi connectivity index (χ0n) is 19.7. The van der Waals surface area contributed by atoms with Crippen LogP contribution in [0.25, 0.3) is 5.65 Å². The van der Waals surface area contributed by atoms with Gasteiger partial charge in [-0.25, -0.2) is 0 Å². The Bertz CT molecular complexity index is 1560. The number of aromatic nitrogens is 4. The topological polar surface area (TPSA) is 116 Å². The molecule has 4 aromatic rings. The quantitative estimate of drug-likeness (QED) is 0.371. The number of hydrogen-bond acceptors (Lipinski definition) is 8. The van der Waals surface area contributed by atoms with Crippen molar-refractivity contribution in [3.8, 4) is 6.07 Å². The van der Waals surface area contributed by atoms with Crippen LogP contribution in [0.2, 0.25) is 10.0 Å². The average molecular weight is 552 g/mol. The van der Waals surface area contributed by atoms with Crippen LogP contribution in [0.3, 0.4) is 0 Å². The van der Waals surface area contributed by atoms with E-state index in [9.17, 15) is 10.4 Å². The highest BCUT2D eigenvalue weighted by Crippen LogP contribution is 2.50. The number of aliphatic hydroxyl groups is 1. The monoisotopic (exact) mass is 551 g/mol. The van der Waals surface area contributed by atoms with Crippen molar-refractivity contribution in [2.24, 2.45) is 11.1 Å². The molecule has 1 saturated heterocycles. The van der Waals surface area contributed by atoms with Crippen molar-refractivity contribution in [3.05, 3.63) is 75.3 Å². The fourth-order valence-electron chi connectivity index (χ4n) is 5.60. The van der Waals surface area contributed by atoms with Crippen molar-refractivity contribution in [1.29, 1.82) is 5.26 Å². The minimum atomic E-state index is -0.286. The summed E-state index contributed by atoms with van der Waals surface area (Å²) in [7, 11) is 0. The van der Waals surface area contributed by atoms with Crippen LogP contribution >= 0.6 is 35.0 Å². The number of aliphatic hydroxyl groups excluding tert-OH is 1. The number of fused-ring (bicyclic) bond motifs is 2. The van der Waals surface area contributed by atoms with Gasteiger partial charge in [0.15, 0.2) is 11.5 Å². The molecule has 0 bridgehead atoms. The number of benzene rings is 1. The minimum Gasteiger partial charge on any atom is -0.388 e. The number of piperidine rings is 1. The highest BCUT2D eigenvalue weighted by atomic mass is 35.5. The van der Waals surface area contributed by atoms with Gasteiger partial charge in [-0.1, -0.05) is 47.1 Å². The van der Waals surface area contributed by atoms with Gasteiger partial charge in [-0.15, -0.1) is 10.2 Å². The smallest absolute Gasteiger partial charge is 0.177 e. The standard InChI is InChI=1S/C26H23Cl2N7OS/c27-17-4-1-5-19(22(17)28)37-23-15(13-29)11-21(35-20(14-36)32-33-25(23)35)34-9-6-26(7-10-34)12-18-16(24(26)30)3-2-8-31-18/h1-5,8,11,24,36H,6-7,9-10,12,14,30H2. The van der Waals surface area contributed by atoms with E-state index in [1.165, 1.54) is 11.8 Å². The molecule has 3 N–H and O–H groups in total. The highest BCUT2D eigenvalue weighted by Gasteiger charge is 2.46. The second kappa shape index (κ2) is 9.46. The van der Waals surface area contributed by atoms with Gasteiger partial charge in [-0.05, 0) is 54.5 Å². The summed E-state index contributed by atoms with van der Waals surface area (Å²) in [6, 6.07) is 13.5. The molecule has 8 nitrogen and oxygen atoms in total. The van der Waals surface area contributed by atoms with Crippen LogP contribution in [-0.2, 0) is 13.0 Å². The van der Waals surface area contributed by atoms with E-state index in [2.05, 4.69) is 32.2 Å². The van der Waals surface area contributed by atoms with Gasteiger partial charge in [0.1, 0.15) is 18.5 Å². The first-order valence-electron chi connectivity index (χ1n) is 11.9. The summed E-state index contributed by atoms with van der Waals surface area (Å²) in [5, 5.41) is 29.6. The van der Waals surface area contributed by atoms with Gasteiger partial charge in [0.05, 0.1) is 20.5 Å². The minimum absolute atomic E-state index is 0.0313. The number of nitrogens with two attached hydrogens (primary N) is 1. The normalized spacial score (nSPS) is 18.4. The van der Waals surface area contributed by atoms with Gasteiger partial charge in [-0.2, -0.15) is 5.26 Å². The summed E-state index contributed by atoms with van der Waals surface area (Å²) in [5.74, 6) is 1.18. The Balaban J connectivity index is 1.37. The number of halogens is 2. The number of pyridine rings is 2. The SMILES string of the molecule is N#Cc1cc(N2CCC3(CC2)Cc2ncccc2C3N)n2c(CO)nnc2c1Sc1cccc(Cl)c1Cl. The Morgan fingerprint density at radius 1 is 1.19 bits per heavy atom. The molecule has 2 aliphatic rings. The molecule has 1 aliphatic carbocycles. The van der Waals surface area contributed by atoms with Gasteiger partial charge in [-0.3, -0.25) is 9.38 Å². The predicted molar refractivity (Wildman–Crippen MR) is 143 cm³/mol. The van der Waals surface area contributed by atoms with E-state index in [-0.39, 0.29) is 18.1 Å². The zero-order valence-corrected chi connectivity index (χ0v) is 22.1. The molecule has 1 atom stereocenters. The lowest BCUT2D eigenvalue weighted by molar-refractivity contribution is 0.186. The van der Waals surface area contributed by atoms with Crippen molar-refractivity contribution in [3.63, 3.8) is 0 Å². The van der Waals surface area contributed by atoms with Crippen molar-refractivity contribution >= 4 is 46.4 Å². The van der Waals surface area contributed by atoms with Gasteiger partial charge in [0, 0.05) is 35.9 Å². The largest absolute Gasteiger partial charge is 0.388 e. The summed E-state index contributed by atoms with van der Waals surface area (Å²) in [5.41, 5.74) is 9.90. The molecule has 1 fully saturated rings. The number of nitrogens with zero attached hydrogens (tertiary/aromatic N) is 6. The molecule has 11 heteroatoms. The van der Waals surface area contributed by atoms with Crippen molar-refractivity contribution in [1.82, 2.24) is 19.6 Å². The summed E-state index contributed by atoms with van der Waals surface area (Å²) in [6.07, 6.45) is 4.48. The molecule has 0 amide bonds. The van der Waals surface area contributed by atoms with E-state index >= 15 is 0 Å². The molecule has 3 aromatic heterocycles. The third-order valence-electron chi connectivity index (χ3n) is 7.59. The molecule has 188 valence electrons. The summed E-state index contributed by atoms with van der Waals surface area (Å²) in [6.45, 7) is 1.21. The number of anilines is 1.